The van der Waals surface area contributed by atoms with E-state index in [2.05, 4.69) is 10.6 Å². The minimum Gasteiger partial charge on any atom is -0.381 e. The van der Waals surface area contributed by atoms with Crippen molar-refractivity contribution in [2.24, 2.45) is 5.92 Å². The molecule has 0 bridgehead atoms. The van der Waals surface area contributed by atoms with Crippen LogP contribution in [0.1, 0.15) is 24.4 Å². The molecule has 0 radical (unpaired) electrons. The van der Waals surface area contributed by atoms with Crippen molar-refractivity contribution in [1.29, 1.82) is 0 Å². The Hall–Kier alpha value is -1.24. The quantitative estimate of drug-likeness (QED) is 0.832. The fraction of sp³-hybridized carbons (Fsp3) is 0.533. The van der Waals surface area contributed by atoms with Crippen molar-refractivity contribution < 1.29 is 18.3 Å². The van der Waals surface area contributed by atoms with Crippen LogP contribution in [0.4, 0.5) is 8.78 Å². The molecule has 0 saturated carbocycles. The van der Waals surface area contributed by atoms with Gasteiger partial charge in [-0.2, -0.15) is 0 Å². The first-order chi connectivity index (χ1) is 10.6. The Bertz CT molecular complexity index is 575. The van der Waals surface area contributed by atoms with E-state index in [-0.39, 0.29) is 28.5 Å². The first kappa shape index (κ1) is 15.6. The second-order valence-electron chi connectivity index (χ2n) is 5.72. The van der Waals surface area contributed by atoms with Crippen molar-refractivity contribution in [2.75, 3.05) is 19.8 Å². The number of carbonyl (C=O) groups excluding carboxylic acids is 1. The van der Waals surface area contributed by atoms with Crippen molar-refractivity contribution in [3.05, 3.63) is 34.4 Å². The minimum atomic E-state index is -0.698. The van der Waals surface area contributed by atoms with Crippen LogP contribution in [0.3, 0.4) is 0 Å². The van der Waals surface area contributed by atoms with Gasteiger partial charge >= 0.3 is 0 Å². The third kappa shape index (κ3) is 3.09. The van der Waals surface area contributed by atoms with Crippen molar-refractivity contribution in [3.63, 3.8) is 0 Å². The van der Waals surface area contributed by atoms with Gasteiger partial charge in [-0.3, -0.25) is 4.79 Å². The zero-order valence-electron chi connectivity index (χ0n) is 11.9. The van der Waals surface area contributed by atoms with E-state index in [1.54, 1.807) is 0 Å². The number of amides is 1. The highest BCUT2D eigenvalue weighted by atomic mass is 35.5. The molecule has 1 aromatic carbocycles. The van der Waals surface area contributed by atoms with Crippen LogP contribution in [-0.4, -0.2) is 31.7 Å². The molecule has 120 valence electrons. The van der Waals surface area contributed by atoms with E-state index in [0.717, 1.165) is 31.5 Å². The molecule has 0 aliphatic carbocycles. The molecule has 1 aromatic rings. The normalized spacial score (nSPS) is 23.1. The summed E-state index contributed by atoms with van der Waals surface area (Å²) in [7, 11) is 0. The van der Waals surface area contributed by atoms with E-state index in [1.165, 1.54) is 0 Å². The zero-order valence-corrected chi connectivity index (χ0v) is 12.6. The average molecular weight is 331 g/mol. The predicted molar refractivity (Wildman–Crippen MR) is 77.6 cm³/mol. The molecular formula is C15H17ClF2N2O2. The molecule has 1 amide bonds. The van der Waals surface area contributed by atoms with E-state index in [9.17, 15) is 13.6 Å². The first-order valence-electron chi connectivity index (χ1n) is 7.32. The standard InChI is InChI=1S/C15H17ClF2N2O2/c16-10-5-11(17)9(4-12(10)18)14(8-6-22-7-8)20-15(21)13-2-1-3-19-13/h4-5,8,13-14,19H,1-3,6-7H2,(H,20,21)/t13-,14-/m1/s1. The van der Waals surface area contributed by atoms with Crippen LogP contribution in [-0.2, 0) is 9.53 Å². The van der Waals surface area contributed by atoms with Crippen LogP contribution >= 0.6 is 11.6 Å². The fourth-order valence-electron chi connectivity index (χ4n) is 2.83. The summed E-state index contributed by atoms with van der Waals surface area (Å²) in [5.41, 5.74) is 0.113. The molecule has 2 aliphatic rings. The Morgan fingerprint density at radius 1 is 1.36 bits per heavy atom. The Balaban J connectivity index is 1.83. The lowest BCUT2D eigenvalue weighted by atomic mass is 9.90. The summed E-state index contributed by atoms with van der Waals surface area (Å²) < 4.78 is 33.0. The maximum Gasteiger partial charge on any atom is 0.237 e. The van der Waals surface area contributed by atoms with E-state index in [1.807, 2.05) is 0 Å². The van der Waals surface area contributed by atoms with Crippen molar-refractivity contribution in [2.45, 2.75) is 24.9 Å². The highest BCUT2D eigenvalue weighted by Crippen LogP contribution is 2.32. The van der Waals surface area contributed by atoms with Gasteiger partial charge in [0.05, 0.1) is 30.3 Å². The Labute approximate surface area is 132 Å². The number of ether oxygens (including phenoxy) is 1. The number of hydrogen-bond donors (Lipinski definition) is 2. The molecule has 3 rings (SSSR count). The van der Waals surface area contributed by atoms with Crippen LogP contribution in [0, 0.1) is 17.6 Å². The monoisotopic (exact) mass is 330 g/mol. The van der Waals surface area contributed by atoms with Gasteiger partial charge < -0.3 is 15.4 Å². The summed E-state index contributed by atoms with van der Waals surface area (Å²) in [5.74, 6) is -1.58. The van der Waals surface area contributed by atoms with Crippen LogP contribution < -0.4 is 10.6 Å². The Morgan fingerprint density at radius 2 is 2.14 bits per heavy atom. The van der Waals surface area contributed by atoms with E-state index >= 15 is 0 Å². The molecule has 2 aliphatic heterocycles. The molecule has 2 N–H and O–H groups in total. The molecule has 0 spiro atoms. The van der Waals surface area contributed by atoms with Crippen LogP contribution in [0.2, 0.25) is 5.02 Å². The SMILES string of the molecule is O=C(N[C@@H](c1cc(F)c(Cl)cc1F)C1COC1)[C@H]1CCCN1. The van der Waals surface area contributed by atoms with Crippen molar-refractivity contribution in [3.8, 4) is 0 Å². The van der Waals surface area contributed by atoms with Gasteiger partial charge in [0.25, 0.3) is 0 Å². The molecule has 4 nitrogen and oxygen atoms in total. The molecule has 22 heavy (non-hydrogen) atoms. The van der Waals surface area contributed by atoms with Gasteiger partial charge in [0.1, 0.15) is 11.6 Å². The molecule has 7 heteroatoms. The maximum absolute atomic E-state index is 14.2. The summed E-state index contributed by atoms with van der Waals surface area (Å²) in [6, 6.07) is 1.11. The second kappa shape index (κ2) is 6.48. The summed E-state index contributed by atoms with van der Waals surface area (Å²) in [6.07, 6.45) is 1.68. The van der Waals surface area contributed by atoms with Gasteiger partial charge in [-0.05, 0) is 31.5 Å². The summed E-state index contributed by atoms with van der Waals surface area (Å²) in [4.78, 5) is 12.3. The van der Waals surface area contributed by atoms with Gasteiger partial charge in [-0.1, -0.05) is 11.6 Å². The summed E-state index contributed by atoms with van der Waals surface area (Å²) in [6.45, 7) is 1.61. The largest absolute Gasteiger partial charge is 0.381 e. The van der Waals surface area contributed by atoms with Crippen LogP contribution in [0.5, 0.6) is 0 Å². The topological polar surface area (TPSA) is 50.4 Å². The van der Waals surface area contributed by atoms with E-state index in [4.69, 9.17) is 16.3 Å². The molecule has 2 heterocycles. The van der Waals surface area contributed by atoms with E-state index < -0.39 is 17.7 Å². The number of nitrogens with one attached hydrogen (secondary N) is 2. The van der Waals surface area contributed by atoms with E-state index in [0.29, 0.717) is 13.2 Å². The van der Waals surface area contributed by atoms with Gasteiger partial charge in [-0.15, -0.1) is 0 Å². The summed E-state index contributed by atoms with van der Waals surface area (Å²) >= 11 is 5.59. The molecule has 0 unspecified atom stereocenters. The number of rotatable bonds is 4. The number of benzene rings is 1. The molecule has 0 aromatic heterocycles. The third-order valence-electron chi connectivity index (χ3n) is 4.18. The first-order valence-corrected chi connectivity index (χ1v) is 7.70. The number of hydrogen-bond acceptors (Lipinski definition) is 3. The lowest BCUT2D eigenvalue weighted by molar-refractivity contribution is -0.126. The molecule has 2 atom stereocenters. The average Bonchev–Trinajstić information content (AvgIpc) is 2.94. The zero-order chi connectivity index (χ0) is 15.7. The summed E-state index contributed by atoms with van der Waals surface area (Å²) in [5, 5.41) is 5.65. The number of carbonyl (C=O) groups is 1. The smallest absolute Gasteiger partial charge is 0.237 e. The highest BCUT2D eigenvalue weighted by molar-refractivity contribution is 6.30. The van der Waals surface area contributed by atoms with Gasteiger partial charge in [0.2, 0.25) is 5.91 Å². The van der Waals surface area contributed by atoms with Crippen LogP contribution in [0.15, 0.2) is 12.1 Å². The Morgan fingerprint density at radius 3 is 2.73 bits per heavy atom. The highest BCUT2D eigenvalue weighted by Gasteiger charge is 2.35. The maximum atomic E-state index is 14.2. The fourth-order valence-corrected chi connectivity index (χ4v) is 2.98. The van der Waals surface area contributed by atoms with Crippen molar-refractivity contribution >= 4 is 17.5 Å². The third-order valence-corrected chi connectivity index (χ3v) is 4.47. The molecule has 2 fully saturated rings. The van der Waals surface area contributed by atoms with Gasteiger partial charge in [-0.25, -0.2) is 8.78 Å². The number of halogens is 3. The molecular weight excluding hydrogens is 314 g/mol. The van der Waals surface area contributed by atoms with Crippen molar-refractivity contribution in [1.82, 2.24) is 10.6 Å². The lowest BCUT2D eigenvalue weighted by Crippen LogP contribution is -2.48. The predicted octanol–water partition coefficient (Wildman–Crippen LogP) is 2.17. The lowest BCUT2D eigenvalue weighted by Gasteiger charge is -2.35. The minimum absolute atomic E-state index is 0.0690. The van der Waals surface area contributed by atoms with Gasteiger partial charge in [0.15, 0.2) is 0 Å². The van der Waals surface area contributed by atoms with Gasteiger partial charge in [0, 0.05) is 11.5 Å². The Kier molecular flexibility index (Phi) is 4.61. The molecule has 2 saturated heterocycles. The second-order valence-corrected chi connectivity index (χ2v) is 6.13. The van der Waals surface area contributed by atoms with Crippen LogP contribution in [0.25, 0.3) is 0 Å².